The number of rotatable bonds is 7. The van der Waals surface area contributed by atoms with Gasteiger partial charge in [-0.15, -0.1) is 0 Å². The molecule has 0 fully saturated rings. The quantitative estimate of drug-likeness (QED) is 0.591. The SMILES string of the molecule is CCCNc1nc(NCCCC(F)(F)F)c(F)cc1F. The average molecular weight is 297 g/mol. The molecule has 0 bridgehead atoms. The number of nitrogens with one attached hydrogen (secondary N) is 2. The van der Waals surface area contributed by atoms with Crippen molar-refractivity contribution in [2.24, 2.45) is 0 Å². The van der Waals surface area contributed by atoms with Gasteiger partial charge in [-0.1, -0.05) is 6.92 Å². The lowest BCUT2D eigenvalue weighted by Gasteiger charge is -2.11. The Balaban J connectivity index is 2.60. The van der Waals surface area contributed by atoms with Crippen LogP contribution in [0.15, 0.2) is 6.07 Å². The van der Waals surface area contributed by atoms with Crippen LogP contribution in [0.1, 0.15) is 26.2 Å². The monoisotopic (exact) mass is 297 g/mol. The fourth-order valence-corrected chi connectivity index (χ4v) is 1.45. The summed E-state index contributed by atoms with van der Waals surface area (Å²) in [6, 6.07) is 0.650. The zero-order chi connectivity index (χ0) is 15.2. The van der Waals surface area contributed by atoms with Gasteiger partial charge in [0.25, 0.3) is 0 Å². The highest BCUT2D eigenvalue weighted by molar-refractivity contribution is 5.47. The Bertz CT molecular complexity index is 434. The second kappa shape index (κ2) is 7.25. The third-order valence-electron chi connectivity index (χ3n) is 2.40. The Morgan fingerprint density at radius 2 is 1.60 bits per heavy atom. The van der Waals surface area contributed by atoms with Gasteiger partial charge in [0.15, 0.2) is 23.3 Å². The van der Waals surface area contributed by atoms with Crippen LogP contribution in [0.25, 0.3) is 0 Å². The van der Waals surface area contributed by atoms with E-state index in [2.05, 4.69) is 15.6 Å². The molecule has 0 unspecified atom stereocenters. The van der Waals surface area contributed by atoms with Crippen molar-refractivity contribution in [1.82, 2.24) is 4.98 Å². The number of nitrogens with zero attached hydrogens (tertiary/aromatic N) is 1. The van der Waals surface area contributed by atoms with Gasteiger partial charge in [0.1, 0.15) is 0 Å². The first kappa shape index (κ1) is 16.5. The molecule has 0 aliphatic carbocycles. The first-order valence-electron chi connectivity index (χ1n) is 6.24. The smallest absolute Gasteiger partial charge is 0.368 e. The molecule has 1 aromatic rings. The lowest BCUT2D eigenvalue weighted by molar-refractivity contribution is -0.134. The molecule has 8 heteroatoms. The molecule has 114 valence electrons. The van der Waals surface area contributed by atoms with Crippen LogP contribution in [0.3, 0.4) is 0 Å². The summed E-state index contributed by atoms with van der Waals surface area (Å²) in [4.78, 5) is 3.69. The van der Waals surface area contributed by atoms with Gasteiger partial charge in [-0.25, -0.2) is 13.8 Å². The van der Waals surface area contributed by atoms with Gasteiger partial charge in [-0.2, -0.15) is 13.2 Å². The molecule has 0 atom stereocenters. The van der Waals surface area contributed by atoms with E-state index in [1.54, 1.807) is 0 Å². The summed E-state index contributed by atoms with van der Waals surface area (Å²) in [6.07, 6.45) is -4.69. The molecular weight excluding hydrogens is 281 g/mol. The number of anilines is 2. The van der Waals surface area contributed by atoms with E-state index in [0.717, 1.165) is 6.42 Å². The first-order chi connectivity index (χ1) is 9.33. The Labute approximate surface area is 113 Å². The molecule has 20 heavy (non-hydrogen) atoms. The molecular formula is C12H16F5N3. The van der Waals surface area contributed by atoms with Crippen LogP contribution in [-0.2, 0) is 0 Å². The molecule has 0 aliphatic heterocycles. The zero-order valence-electron chi connectivity index (χ0n) is 10.9. The van der Waals surface area contributed by atoms with E-state index in [0.29, 0.717) is 12.6 Å². The number of halogens is 5. The molecule has 0 aliphatic rings. The third-order valence-corrected chi connectivity index (χ3v) is 2.40. The summed E-state index contributed by atoms with van der Waals surface area (Å²) >= 11 is 0. The van der Waals surface area contributed by atoms with Crippen LogP contribution in [0.4, 0.5) is 33.6 Å². The lowest BCUT2D eigenvalue weighted by atomic mass is 10.3. The molecule has 0 saturated heterocycles. The summed E-state index contributed by atoms with van der Waals surface area (Å²) in [5.41, 5.74) is 0. The van der Waals surface area contributed by atoms with Crippen molar-refractivity contribution < 1.29 is 22.0 Å². The molecule has 2 N–H and O–H groups in total. The highest BCUT2D eigenvalue weighted by atomic mass is 19.4. The highest BCUT2D eigenvalue weighted by Crippen LogP contribution is 2.22. The fraction of sp³-hybridized carbons (Fsp3) is 0.583. The molecule has 1 heterocycles. The van der Waals surface area contributed by atoms with Crippen molar-refractivity contribution in [2.75, 3.05) is 23.7 Å². The minimum absolute atomic E-state index is 0.0950. The van der Waals surface area contributed by atoms with Crippen molar-refractivity contribution in [2.45, 2.75) is 32.4 Å². The highest BCUT2D eigenvalue weighted by Gasteiger charge is 2.26. The topological polar surface area (TPSA) is 37.0 Å². The summed E-state index contributed by atoms with van der Waals surface area (Å²) in [5, 5.41) is 5.11. The second-order valence-corrected chi connectivity index (χ2v) is 4.22. The molecule has 1 rings (SSSR count). The van der Waals surface area contributed by atoms with E-state index in [-0.39, 0.29) is 24.6 Å². The average Bonchev–Trinajstić information content (AvgIpc) is 2.34. The van der Waals surface area contributed by atoms with Crippen LogP contribution in [0.5, 0.6) is 0 Å². The Kier molecular flexibility index (Phi) is 5.97. The van der Waals surface area contributed by atoms with Gasteiger partial charge >= 0.3 is 6.18 Å². The maximum absolute atomic E-state index is 13.4. The predicted octanol–water partition coefficient (Wildman–Crippen LogP) is 3.94. The van der Waals surface area contributed by atoms with E-state index in [4.69, 9.17) is 0 Å². The second-order valence-electron chi connectivity index (χ2n) is 4.22. The van der Waals surface area contributed by atoms with Gasteiger partial charge in [-0.3, -0.25) is 0 Å². The van der Waals surface area contributed by atoms with E-state index >= 15 is 0 Å². The van der Waals surface area contributed by atoms with Crippen LogP contribution in [0, 0.1) is 11.6 Å². The Morgan fingerprint density at radius 1 is 1.05 bits per heavy atom. The largest absolute Gasteiger partial charge is 0.389 e. The summed E-state index contributed by atoms with van der Waals surface area (Å²) in [7, 11) is 0. The van der Waals surface area contributed by atoms with Crippen molar-refractivity contribution in [1.29, 1.82) is 0 Å². The van der Waals surface area contributed by atoms with Gasteiger partial charge in [0.2, 0.25) is 0 Å². The number of hydrogen-bond acceptors (Lipinski definition) is 3. The maximum Gasteiger partial charge on any atom is 0.389 e. The normalized spacial score (nSPS) is 11.5. The van der Waals surface area contributed by atoms with Gasteiger partial charge in [0.05, 0.1) is 0 Å². The van der Waals surface area contributed by atoms with Crippen molar-refractivity contribution in [3.8, 4) is 0 Å². The first-order valence-corrected chi connectivity index (χ1v) is 6.24. The Hall–Kier alpha value is -1.60. The van der Waals surface area contributed by atoms with Crippen LogP contribution in [-0.4, -0.2) is 24.2 Å². The summed E-state index contributed by atoms with van der Waals surface area (Å²) < 4.78 is 62.6. The van der Waals surface area contributed by atoms with Gasteiger partial charge < -0.3 is 10.6 Å². The predicted molar refractivity (Wildman–Crippen MR) is 66.7 cm³/mol. The van der Waals surface area contributed by atoms with Gasteiger partial charge in [-0.05, 0) is 12.8 Å². The van der Waals surface area contributed by atoms with Crippen molar-refractivity contribution in [3.05, 3.63) is 17.7 Å². The number of hydrogen-bond donors (Lipinski definition) is 2. The van der Waals surface area contributed by atoms with E-state index < -0.39 is 24.2 Å². The third kappa shape index (κ3) is 5.58. The number of pyridine rings is 1. The van der Waals surface area contributed by atoms with E-state index in [1.165, 1.54) is 0 Å². The molecule has 0 amide bonds. The fourth-order valence-electron chi connectivity index (χ4n) is 1.45. The van der Waals surface area contributed by atoms with Crippen molar-refractivity contribution in [3.63, 3.8) is 0 Å². The van der Waals surface area contributed by atoms with E-state index in [1.807, 2.05) is 6.92 Å². The molecule has 0 aromatic carbocycles. The molecule has 1 aromatic heterocycles. The minimum atomic E-state index is -4.25. The minimum Gasteiger partial charge on any atom is -0.368 e. The van der Waals surface area contributed by atoms with Crippen LogP contribution < -0.4 is 10.6 Å². The van der Waals surface area contributed by atoms with Gasteiger partial charge in [0, 0.05) is 25.6 Å². The van der Waals surface area contributed by atoms with Crippen LogP contribution >= 0.6 is 0 Å². The number of aromatic nitrogens is 1. The molecule has 0 spiro atoms. The summed E-state index contributed by atoms with van der Waals surface area (Å²) in [6.45, 7) is 2.23. The van der Waals surface area contributed by atoms with Crippen LogP contribution in [0.2, 0.25) is 0 Å². The van der Waals surface area contributed by atoms with E-state index in [9.17, 15) is 22.0 Å². The standard InChI is InChI=1S/C12H16F5N3/c1-2-5-18-10-8(13)7-9(14)11(20-10)19-6-3-4-12(15,16)17/h7H,2-6H2,1H3,(H2,18,19,20). The Morgan fingerprint density at radius 3 is 2.10 bits per heavy atom. The zero-order valence-corrected chi connectivity index (χ0v) is 10.9. The molecule has 3 nitrogen and oxygen atoms in total. The summed E-state index contributed by atoms with van der Waals surface area (Å²) in [5.74, 6) is -2.15. The molecule has 0 radical (unpaired) electrons. The molecule has 0 saturated carbocycles. The van der Waals surface area contributed by atoms with Crippen molar-refractivity contribution >= 4 is 11.6 Å². The number of alkyl halides is 3. The maximum atomic E-state index is 13.4. The lowest BCUT2D eigenvalue weighted by Crippen LogP contribution is -2.13.